The average Bonchev–Trinajstić information content (AvgIpc) is 2.46. The molecule has 0 unspecified atom stereocenters. The summed E-state index contributed by atoms with van der Waals surface area (Å²) in [6, 6.07) is 9.48. The van der Waals surface area contributed by atoms with Crippen LogP contribution in [0.2, 0.25) is 5.02 Å². The zero-order valence-electron chi connectivity index (χ0n) is 10.6. The van der Waals surface area contributed by atoms with Crippen LogP contribution in [0.1, 0.15) is 20.7 Å². The van der Waals surface area contributed by atoms with Crippen molar-refractivity contribution in [3.8, 4) is 0 Å². The number of nitrogens with one attached hydrogen (secondary N) is 1. The highest BCUT2D eigenvalue weighted by atomic mass is 35.5. The van der Waals surface area contributed by atoms with Crippen molar-refractivity contribution in [2.45, 2.75) is 0 Å². The Morgan fingerprint density at radius 1 is 1.20 bits per heavy atom. The summed E-state index contributed by atoms with van der Waals surface area (Å²) in [4.78, 5) is 27.7. The molecule has 102 valence electrons. The van der Waals surface area contributed by atoms with Crippen LogP contribution in [-0.2, 0) is 4.74 Å². The van der Waals surface area contributed by atoms with Crippen LogP contribution in [0.15, 0.2) is 42.6 Å². The minimum Gasteiger partial charge on any atom is -0.465 e. The van der Waals surface area contributed by atoms with Gasteiger partial charge in [0.1, 0.15) is 5.82 Å². The van der Waals surface area contributed by atoms with Gasteiger partial charge in [0.15, 0.2) is 0 Å². The predicted octanol–water partition coefficient (Wildman–Crippen LogP) is 2.77. The molecular formula is C14H11ClN2O3. The van der Waals surface area contributed by atoms with Gasteiger partial charge >= 0.3 is 5.97 Å². The molecule has 0 radical (unpaired) electrons. The van der Waals surface area contributed by atoms with E-state index in [2.05, 4.69) is 15.0 Å². The van der Waals surface area contributed by atoms with E-state index in [9.17, 15) is 9.59 Å². The molecule has 0 aliphatic heterocycles. The monoisotopic (exact) mass is 290 g/mol. The molecule has 5 nitrogen and oxygen atoms in total. The van der Waals surface area contributed by atoms with Gasteiger partial charge in [0, 0.05) is 11.2 Å². The van der Waals surface area contributed by atoms with Gasteiger partial charge in [0.2, 0.25) is 0 Å². The van der Waals surface area contributed by atoms with E-state index in [1.54, 1.807) is 18.2 Å². The second kappa shape index (κ2) is 6.16. The summed E-state index contributed by atoms with van der Waals surface area (Å²) in [5.41, 5.74) is 0.399. The summed E-state index contributed by atoms with van der Waals surface area (Å²) in [5, 5.41) is 3.03. The lowest BCUT2D eigenvalue weighted by Crippen LogP contribution is -2.17. The van der Waals surface area contributed by atoms with E-state index >= 15 is 0 Å². The summed E-state index contributed by atoms with van der Waals surface area (Å²) in [6.07, 6.45) is 1.48. The first-order valence-electron chi connectivity index (χ1n) is 5.72. The summed E-state index contributed by atoms with van der Waals surface area (Å²) in [6.45, 7) is 0. The standard InChI is InChI=1S/C14H11ClN2O3/c1-20-14(19)11-5-3-2-4-10(11)13(18)17-12-8-9(15)6-7-16-12/h2-8H,1H3,(H,16,17,18). The quantitative estimate of drug-likeness (QED) is 0.883. The molecule has 0 spiro atoms. The van der Waals surface area contributed by atoms with Gasteiger partial charge in [-0.1, -0.05) is 23.7 Å². The lowest BCUT2D eigenvalue weighted by Gasteiger charge is -2.08. The number of ether oxygens (including phenoxy) is 1. The van der Waals surface area contributed by atoms with Gasteiger partial charge < -0.3 is 10.1 Å². The molecule has 0 aliphatic carbocycles. The molecule has 0 fully saturated rings. The fourth-order valence-corrected chi connectivity index (χ4v) is 1.79. The second-order valence-corrected chi connectivity index (χ2v) is 4.29. The number of nitrogens with zero attached hydrogens (tertiary/aromatic N) is 1. The number of esters is 1. The van der Waals surface area contributed by atoms with Gasteiger partial charge in [0.25, 0.3) is 5.91 Å². The number of hydrogen-bond acceptors (Lipinski definition) is 4. The highest BCUT2D eigenvalue weighted by molar-refractivity contribution is 6.30. The third-order valence-electron chi connectivity index (χ3n) is 2.54. The van der Waals surface area contributed by atoms with E-state index in [-0.39, 0.29) is 11.1 Å². The van der Waals surface area contributed by atoms with Crippen molar-refractivity contribution in [1.29, 1.82) is 0 Å². The van der Waals surface area contributed by atoms with Gasteiger partial charge in [0.05, 0.1) is 18.2 Å². The Balaban J connectivity index is 2.28. The number of aromatic nitrogens is 1. The molecule has 1 heterocycles. The van der Waals surface area contributed by atoms with Gasteiger partial charge in [-0.25, -0.2) is 9.78 Å². The van der Waals surface area contributed by atoms with E-state index in [1.807, 2.05) is 0 Å². The SMILES string of the molecule is COC(=O)c1ccccc1C(=O)Nc1cc(Cl)ccn1. The zero-order valence-corrected chi connectivity index (χ0v) is 11.3. The Labute approximate surface area is 120 Å². The van der Waals surface area contributed by atoms with Crippen LogP contribution in [0, 0.1) is 0 Å². The summed E-state index contributed by atoms with van der Waals surface area (Å²) < 4.78 is 4.64. The minimum absolute atomic E-state index is 0.189. The smallest absolute Gasteiger partial charge is 0.338 e. The molecule has 2 rings (SSSR count). The van der Waals surface area contributed by atoms with Crippen LogP contribution in [0.4, 0.5) is 5.82 Å². The van der Waals surface area contributed by atoms with Crippen LogP contribution in [-0.4, -0.2) is 24.0 Å². The first-order valence-corrected chi connectivity index (χ1v) is 6.10. The van der Waals surface area contributed by atoms with Gasteiger partial charge in [-0.2, -0.15) is 0 Å². The maximum atomic E-state index is 12.2. The van der Waals surface area contributed by atoms with Gasteiger partial charge in [-0.3, -0.25) is 4.79 Å². The molecule has 20 heavy (non-hydrogen) atoms. The molecule has 0 bridgehead atoms. The Hall–Kier alpha value is -2.40. The van der Waals surface area contributed by atoms with Gasteiger partial charge in [-0.15, -0.1) is 0 Å². The molecule has 1 aromatic heterocycles. The number of pyridine rings is 1. The van der Waals surface area contributed by atoms with E-state index < -0.39 is 11.9 Å². The molecule has 2 aromatic rings. The number of methoxy groups -OCH3 is 1. The third kappa shape index (κ3) is 3.13. The van der Waals surface area contributed by atoms with Crippen LogP contribution in [0.5, 0.6) is 0 Å². The van der Waals surface area contributed by atoms with Crippen molar-refractivity contribution >= 4 is 29.3 Å². The Kier molecular flexibility index (Phi) is 4.32. The molecule has 0 saturated carbocycles. The van der Waals surface area contributed by atoms with Crippen molar-refractivity contribution in [1.82, 2.24) is 4.98 Å². The minimum atomic E-state index is -0.574. The molecule has 0 atom stereocenters. The number of carbonyl (C=O) groups is 2. The highest BCUT2D eigenvalue weighted by Crippen LogP contribution is 2.15. The fraction of sp³-hybridized carbons (Fsp3) is 0.0714. The lowest BCUT2D eigenvalue weighted by atomic mass is 10.1. The molecule has 6 heteroatoms. The first kappa shape index (κ1) is 14.0. The summed E-state index contributed by atoms with van der Waals surface area (Å²) >= 11 is 5.81. The van der Waals surface area contributed by atoms with Crippen LogP contribution < -0.4 is 5.32 Å². The predicted molar refractivity (Wildman–Crippen MR) is 75.0 cm³/mol. The summed E-state index contributed by atoms with van der Waals surface area (Å²) in [7, 11) is 1.26. The number of hydrogen-bond donors (Lipinski definition) is 1. The number of carbonyl (C=O) groups excluding carboxylic acids is 2. The maximum Gasteiger partial charge on any atom is 0.338 e. The van der Waals surface area contributed by atoms with Crippen LogP contribution in [0.25, 0.3) is 0 Å². The highest BCUT2D eigenvalue weighted by Gasteiger charge is 2.17. The van der Waals surface area contributed by atoms with Crippen molar-refractivity contribution in [3.63, 3.8) is 0 Å². The maximum absolute atomic E-state index is 12.2. The molecule has 0 aliphatic rings. The molecule has 1 N–H and O–H groups in total. The van der Waals surface area contributed by atoms with Crippen molar-refractivity contribution in [3.05, 3.63) is 58.7 Å². The van der Waals surface area contributed by atoms with Crippen LogP contribution in [0.3, 0.4) is 0 Å². The van der Waals surface area contributed by atoms with Crippen LogP contribution >= 0.6 is 11.6 Å². The molecular weight excluding hydrogens is 280 g/mol. The van der Waals surface area contributed by atoms with E-state index in [0.29, 0.717) is 10.8 Å². The Morgan fingerprint density at radius 3 is 2.55 bits per heavy atom. The van der Waals surface area contributed by atoms with Crippen molar-refractivity contribution in [2.24, 2.45) is 0 Å². The largest absolute Gasteiger partial charge is 0.465 e. The second-order valence-electron chi connectivity index (χ2n) is 3.85. The van der Waals surface area contributed by atoms with E-state index in [1.165, 1.54) is 31.5 Å². The first-order chi connectivity index (χ1) is 9.61. The van der Waals surface area contributed by atoms with Gasteiger partial charge in [-0.05, 0) is 24.3 Å². The fourth-order valence-electron chi connectivity index (χ4n) is 1.63. The third-order valence-corrected chi connectivity index (χ3v) is 2.78. The normalized spacial score (nSPS) is 9.90. The topological polar surface area (TPSA) is 68.3 Å². The molecule has 1 amide bonds. The molecule has 0 saturated heterocycles. The number of halogens is 1. The number of rotatable bonds is 3. The van der Waals surface area contributed by atoms with E-state index in [4.69, 9.17) is 11.6 Å². The number of amides is 1. The lowest BCUT2D eigenvalue weighted by molar-refractivity contribution is 0.0597. The zero-order chi connectivity index (χ0) is 14.5. The Bertz CT molecular complexity index is 658. The van der Waals surface area contributed by atoms with Crippen molar-refractivity contribution in [2.75, 3.05) is 12.4 Å². The number of anilines is 1. The number of benzene rings is 1. The van der Waals surface area contributed by atoms with Crippen molar-refractivity contribution < 1.29 is 14.3 Å². The summed E-state index contributed by atoms with van der Waals surface area (Å²) in [5.74, 6) is -0.724. The molecule has 1 aromatic carbocycles. The average molecular weight is 291 g/mol. The van der Waals surface area contributed by atoms with E-state index in [0.717, 1.165) is 0 Å². The Morgan fingerprint density at radius 2 is 1.90 bits per heavy atom.